The van der Waals surface area contributed by atoms with Crippen LogP contribution in [0.4, 0.5) is 0 Å². The van der Waals surface area contributed by atoms with Crippen LogP contribution in [-0.2, 0) is 4.74 Å². The zero-order chi connectivity index (χ0) is 10.2. The molecular formula is C12H25NO. The predicted molar refractivity (Wildman–Crippen MR) is 60.5 cm³/mol. The largest absolute Gasteiger partial charge is 0.381 e. The van der Waals surface area contributed by atoms with Gasteiger partial charge in [-0.2, -0.15) is 0 Å². The monoisotopic (exact) mass is 199 g/mol. The van der Waals surface area contributed by atoms with E-state index in [9.17, 15) is 0 Å². The fourth-order valence-corrected chi connectivity index (χ4v) is 1.82. The van der Waals surface area contributed by atoms with Crippen molar-refractivity contribution in [2.75, 3.05) is 19.8 Å². The molecular weight excluding hydrogens is 174 g/mol. The summed E-state index contributed by atoms with van der Waals surface area (Å²) in [5.74, 6) is 0.949. The first-order valence-electron chi connectivity index (χ1n) is 6.19. The van der Waals surface area contributed by atoms with Crippen molar-refractivity contribution in [2.45, 2.75) is 52.0 Å². The second-order valence-electron chi connectivity index (χ2n) is 4.26. The van der Waals surface area contributed by atoms with E-state index in [1.54, 1.807) is 0 Å². The zero-order valence-electron chi connectivity index (χ0n) is 9.72. The summed E-state index contributed by atoms with van der Waals surface area (Å²) in [6, 6.07) is 0.724. The second kappa shape index (κ2) is 7.24. The molecule has 1 rings (SSSR count). The maximum Gasteiger partial charge on any atom is 0.0480 e. The first kappa shape index (κ1) is 12.0. The molecule has 1 aliphatic rings. The van der Waals surface area contributed by atoms with E-state index in [1.165, 1.54) is 32.1 Å². The van der Waals surface area contributed by atoms with Crippen molar-refractivity contribution < 1.29 is 4.74 Å². The average molecular weight is 199 g/mol. The topological polar surface area (TPSA) is 21.3 Å². The molecule has 84 valence electrons. The highest BCUT2D eigenvalue weighted by Crippen LogP contribution is 2.33. The highest BCUT2D eigenvalue weighted by molar-refractivity contribution is 4.85. The molecule has 0 radical (unpaired) electrons. The van der Waals surface area contributed by atoms with Crippen molar-refractivity contribution in [2.24, 2.45) is 5.92 Å². The van der Waals surface area contributed by atoms with E-state index in [-0.39, 0.29) is 0 Å². The minimum absolute atomic E-state index is 0.724. The minimum atomic E-state index is 0.724. The molecule has 1 atom stereocenters. The van der Waals surface area contributed by atoms with Crippen LogP contribution in [0.5, 0.6) is 0 Å². The lowest BCUT2D eigenvalue weighted by molar-refractivity contribution is 0.119. The van der Waals surface area contributed by atoms with Crippen LogP contribution in [0.15, 0.2) is 0 Å². The van der Waals surface area contributed by atoms with E-state index >= 15 is 0 Å². The quantitative estimate of drug-likeness (QED) is 0.576. The molecule has 0 saturated heterocycles. The summed E-state index contributed by atoms with van der Waals surface area (Å²) >= 11 is 0. The lowest BCUT2D eigenvalue weighted by atomic mass is 10.1. The van der Waals surface area contributed by atoms with Gasteiger partial charge in [0.25, 0.3) is 0 Å². The summed E-state index contributed by atoms with van der Waals surface area (Å²) in [7, 11) is 0. The number of unbranched alkanes of at least 4 members (excludes halogenated alkanes) is 1. The van der Waals surface area contributed by atoms with Gasteiger partial charge in [-0.1, -0.05) is 20.3 Å². The van der Waals surface area contributed by atoms with Crippen LogP contribution in [0.2, 0.25) is 0 Å². The van der Waals surface area contributed by atoms with E-state index in [0.717, 1.165) is 31.7 Å². The summed E-state index contributed by atoms with van der Waals surface area (Å²) in [4.78, 5) is 0. The molecule has 1 N–H and O–H groups in total. The summed E-state index contributed by atoms with van der Waals surface area (Å²) < 4.78 is 5.59. The van der Waals surface area contributed by atoms with Gasteiger partial charge in [0, 0.05) is 19.3 Å². The van der Waals surface area contributed by atoms with Crippen molar-refractivity contribution in [1.29, 1.82) is 0 Å². The van der Waals surface area contributed by atoms with Gasteiger partial charge in [0.15, 0.2) is 0 Å². The first-order valence-corrected chi connectivity index (χ1v) is 6.19. The van der Waals surface area contributed by atoms with E-state index in [2.05, 4.69) is 19.2 Å². The van der Waals surface area contributed by atoms with E-state index in [4.69, 9.17) is 4.74 Å². The molecule has 1 saturated carbocycles. The molecule has 0 aromatic heterocycles. The van der Waals surface area contributed by atoms with Crippen LogP contribution in [0.25, 0.3) is 0 Å². The lowest BCUT2D eigenvalue weighted by Gasteiger charge is -2.16. The maximum atomic E-state index is 5.59. The van der Waals surface area contributed by atoms with Gasteiger partial charge in [-0.3, -0.25) is 0 Å². The fraction of sp³-hybridized carbons (Fsp3) is 1.00. The molecule has 1 unspecified atom stereocenters. The van der Waals surface area contributed by atoms with Crippen molar-refractivity contribution in [3.8, 4) is 0 Å². The Kier molecular flexibility index (Phi) is 6.20. The third-order valence-corrected chi connectivity index (χ3v) is 2.87. The zero-order valence-corrected chi connectivity index (χ0v) is 9.72. The van der Waals surface area contributed by atoms with Gasteiger partial charge in [-0.05, 0) is 38.1 Å². The van der Waals surface area contributed by atoms with Crippen LogP contribution in [-0.4, -0.2) is 25.8 Å². The molecule has 1 fully saturated rings. The number of hydrogen-bond acceptors (Lipinski definition) is 2. The number of hydrogen-bond donors (Lipinski definition) is 1. The number of rotatable bonds is 9. The molecule has 0 aromatic carbocycles. The average Bonchev–Trinajstić information content (AvgIpc) is 2.99. The molecule has 0 aromatic rings. The molecule has 0 aliphatic heterocycles. The number of nitrogens with one attached hydrogen (secondary N) is 1. The van der Waals surface area contributed by atoms with Gasteiger partial charge < -0.3 is 10.1 Å². The van der Waals surface area contributed by atoms with Crippen molar-refractivity contribution in [3.63, 3.8) is 0 Å². The van der Waals surface area contributed by atoms with Gasteiger partial charge >= 0.3 is 0 Å². The predicted octanol–water partition coefficient (Wildman–Crippen LogP) is 2.58. The van der Waals surface area contributed by atoms with Crippen LogP contribution < -0.4 is 5.32 Å². The molecule has 0 amide bonds. The summed E-state index contributed by atoms with van der Waals surface area (Å²) in [6.45, 7) is 7.37. The Hall–Kier alpha value is -0.0800. The Morgan fingerprint density at radius 2 is 2.07 bits per heavy atom. The Labute approximate surface area is 88.4 Å². The SMILES string of the molecule is CCCCOCCC(NCC)C1CC1. The van der Waals surface area contributed by atoms with Gasteiger partial charge in [-0.25, -0.2) is 0 Å². The normalized spacial score (nSPS) is 18.4. The first-order chi connectivity index (χ1) is 6.88. The third-order valence-electron chi connectivity index (χ3n) is 2.87. The molecule has 0 spiro atoms. The van der Waals surface area contributed by atoms with Crippen LogP contribution >= 0.6 is 0 Å². The Morgan fingerprint density at radius 1 is 1.29 bits per heavy atom. The van der Waals surface area contributed by atoms with Gasteiger partial charge in [-0.15, -0.1) is 0 Å². The molecule has 0 bridgehead atoms. The standard InChI is InChI=1S/C12H25NO/c1-3-5-9-14-10-8-12(13-4-2)11-6-7-11/h11-13H,3-10H2,1-2H3. The van der Waals surface area contributed by atoms with E-state index in [0.29, 0.717) is 0 Å². The Morgan fingerprint density at radius 3 is 2.64 bits per heavy atom. The van der Waals surface area contributed by atoms with Crippen molar-refractivity contribution in [1.82, 2.24) is 5.32 Å². The third kappa shape index (κ3) is 4.97. The smallest absolute Gasteiger partial charge is 0.0480 e. The molecule has 0 heterocycles. The fourth-order valence-electron chi connectivity index (χ4n) is 1.82. The van der Waals surface area contributed by atoms with Gasteiger partial charge in [0.1, 0.15) is 0 Å². The van der Waals surface area contributed by atoms with E-state index < -0.39 is 0 Å². The molecule has 14 heavy (non-hydrogen) atoms. The summed E-state index contributed by atoms with van der Waals surface area (Å²) in [5, 5.41) is 3.56. The van der Waals surface area contributed by atoms with Crippen molar-refractivity contribution in [3.05, 3.63) is 0 Å². The second-order valence-corrected chi connectivity index (χ2v) is 4.26. The minimum Gasteiger partial charge on any atom is -0.381 e. The Balaban J connectivity index is 1.96. The number of ether oxygens (including phenoxy) is 1. The Bertz CT molecular complexity index is 134. The molecule has 2 heteroatoms. The van der Waals surface area contributed by atoms with Crippen LogP contribution in [0.3, 0.4) is 0 Å². The lowest BCUT2D eigenvalue weighted by Crippen LogP contribution is -2.32. The van der Waals surface area contributed by atoms with E-state index in [1.807, 2.05) is 0 Å². The maximum absolute atomic E-state index is 5.59. The molecule has 1 aliphatic carbocycles. The highest BCUT2D eigenvalue weighted by Gasteiger charge is 2.29. The van der Waals surface area contributed by atoms with Gasteiger partial charge in [0.05, 0.1) is 0 Å². The van der Waals surface area contributed by atoms with Crippen LogP contribution in [0.1, 0.15) is 46.0 Å². The van der Waals surface area contributed by atoms with Crippen LogP contribution in [0, 0.1) is 5.92 Å². The summed E-state index contributed by atoms with van der Waals surface area (Å²) in [6.07, 6.45) is 6.48. The molecule has 2 nitrogen and oxygen atoms in total. The summed E-state index contributed by atoms with van der Waals surface area (Å²) in [5.41, 5.74) is 0. The highest BCUT2D eigenvalue weighted by atomic mass is 16.5. The van der Waals surface area contributed by atoms with Crippen molar-refractivity contribution >= 4 is 0 Å². The van der Waals surface area contributed by atoms with Gasteiger partial charge in [0.2, 0.25) is 0 Å².